The largest absolute Gasteiger partial charge is 0.479 e. The molecular weight excluding hydrogens is 1260 g/mol. The molecule has 9 N–H and O–H groups in total. The zero-order chi connectivity index (χ0) is 74.2. The lowest BCUT2D eigenvalue weighted by Gasteiger charge is -2.39. The van der Waals surface area contributed by atoms with Crippen molar-refractivity contribution in [3.05, 3.63) is 159 Å². The van der Waals surface area contributed by atoms with E-state index in [1.165, 1.54) is 39.9 Å². The molecule has 18 nitrogen and oxygen atoms in total. The maximum Gasteiger partial charge on any atom is 0.335 e. The van der Waals surface area contributed by atoms with E-state index in [9.17, 15) is 40.5 Å². The maximum atomic E-state index is 11.3. The molecule has 0 aliphatic carbocycles. The van der Waals surface area contributed by atoms with Crippen molar-refractivity contribution >= 4 is 11.7 Å². The van der Waals surface area contributed by atoms with E-state index in [2.05, 4.69) is 175 Å². The third kappa shape index (κ3) is 34.3. The van der Waals surface area contributed by atoms with Gasteiger partial charge in [0.15, 0.2) is 6.10 Å². The number of nitrogens with one attached hydrogen (secondary N) is 1. The van der Waals surface area contributed by atoms with Gasteiger partial charge in [0.2, 0.25) is 12.6 Å². The molecule has 558 valence electrons. The van der Waals surface area contributed by atoms with Gasteiger partial charge in [-0.05, 0) is 217 Å². The highest BCUT2D eigenvalue weighted by molar-refractivity contribution is 5.73. The quantitative estimate of drug-likeness (QED) is 0.0207. The van der Waals surface area contributed by atoms with Crippen LogP contribution in [0.3, 0.4) is 0 Å². The van der Waals surface area contributed by atoms with E-state index in [1.807, 2.05) is 65.8 Å². The Morgan fingerprint density at radius 2 is 0.687 bits per heavy atom. The van der Waals surface area contributed by atoms with Gasteiger partial charge in [0.1, 0.15) is 54.2 Å². The van der Waals surface area contributed by atoms with Gasteiger partial charge >= 0.3 is 5.97 Å². The van der Waals surface area contributed by atoms with Gasteiger partial charge in [-0.15, -0.1) is 0 Å². The zero-order valence-corrected chi connectivity index (χ0v) is 63.3. The number of carboxylic acids is 1. The van der Waals surface area contributed by atoms with Gasteiger partial charge in [-0.1, -0.05) is 142 Å². The lowest BCUT2D eigenvalue weighted by atomic mass is 9.98. The van der Waals surface area contributed by atoms with Crippen molar-refractivity contribution in [3.63, 3.8) is 0 Å². The molecule has 5 aromatic carbocycles. The lowest BCUT2D eigenvalue weighted by molar-refractivity contribution is -0.277. The minimum absolute atomic E-state index is 0.0936. The third-order valence-electron chi connectivity index (χ3n) is 15.4. The fraction of sp³-hybridized carbons (Fsp3) is 0.617. The number of ether oxygens (including phenoxy) is 8. The van der Waals surface area contributed by atoms with Crippen LogP contribution in [0, 0.1) is 29.6 Å². The Bertz CT molecular complexity index is 2870. The SMILES string of the molecule is CC(C)Cc1cc(COC(C)C)ccc1OC1OC(C(=O)O)C(O)C(O)C1O.CC(C)Cc1cc(COC(C)C)ccc1OC1OC(CO)C(O)C(O)C1O.CC(C)Cc1ccc(COC(C)C)cc1.CC(C)Cc1ccc(COC(C)C)cc1.CC(C)Cc1ccc(NC(C)C)cc1. The second kappa shape index (κ2) is 45.4. The molecule has 2 saturated heterocycles. The van der Waals surface area contributed by atoms with E-state index in [4.69, 9.17) is 43.0 Å². The van der Waals surface area contributed by atoms with Gasteiger partial charge in [0.25, 0.3) is 0 Å². The highest BCUT2D eigenvalue weighted by atomic mass is 16.7. The van der Waals surface area contributed by atoms with Crippen molar-refractivity contribution in [2.24, 2.45) is 29.6 Å². The first kappa shape index (κ1) is 87.7. The molecule has 18 heteroatoms. The zero-order valence-electron chi connectivity index (χ0n) is 63.3. The van der Waals surface area contributed by atoms with Crippen molar-refractivity contribution in [1.82, 2.24) is 0 Å². The average Bonchev–Trinajstić information content (AvgIpc) is 0.805. The Labute approximate surface area is 593 Å². The number of hydrogen-bond donors (Lipinski definition) is 9. The summed E-state index contributed by atoms with van der Waals surface area (Å²) < 4.78 is 44.6. The van der Waals surface area contributed by atoms with Gasteiger partial charge in [0.05, 0.1) is 57.5 Å². The van der Waals surface area contributed by atoms with E-state index >= 15 is 0 Å². The van der Waals surface area contributed by atoms with Crippen molar-refractivity contribution in [3.8, 4) is 11.5 Å². The van der Waals surface area contributed by atoms with Gasteiger partial charge in [-0.3, -0.25) is 0 Å². The van der Waals surface area contributed by atoms with Crippen LogP contribution in [0.2, 0.25) is 0 Å². The summed E-state index contributed by atoms with van der Waals surface area (Å²) in [6.45, 7) is 44.1. The van der Waals surface area contributed by atoms with E-state index in [0.29, 0.717) is 61.2 Å². The average molecular weight is 1390 g/mol. The summed E-state index contributed by atoms with van der Waals surface area (Å²) in [7, 11) is 0. The highest BCUT2D eigenvalue weighted by Crippen LogP contribution is 2.32. The Hall–Kier alpha value is -5.55. The van der Waals surface area contributed by atoms with E-state index in [-0.39, 0.29) is 12.2 Å². The Kier molecular flexibility index (Phi) is 40.2. The normalized spacial score (nSPS) is 20.7. The topological polar surface area (TPSA) is 265 Å². The lowest BCUT2D eigenvalue weighted by Crippen LogP contribution is -2.61. The summed E-state index contributed by atoms with van der Waals surface area (Å²) in [5, 5.41) is 81.8. The molecule has 10 atom stereocenters. The first-order chi connectivity index (χ1) is 46.5. The summed E-state index contributed by atoms with van der Waals surface area (Å²) in [4.78, 5) is 11.3. The monoisotopic (exact) mass is 1390 g/mol. The number of rotatable bonds is 30. The Morgan fingerprint density at radius 3 is 1.00 bits per heavy atom. The van der Waals surface area contributed by atoms with Crippen LogP contribution in [0.5, 0.6) is 11.5 Å². The predicted molar refractivity (Wildman–Crippen MR) is 393 cm³/mol. The Balaban J connectivity index is 0.000000333. The van der Waals surface area contributed by atoms with Crippen LogP contribution in [-0.4, -0.2) is 145 Å². The number of carboxylic acid groups (broad SMARTS) is 1. The van der Waals surface area contributed by atoms with E-state index < -0.39 is 74.0 Å². The fourth-order valence-electron chi connectivity index (χ4n) is 10.5. The standard InChI is InChI=1S/C20H30O8.C20H32O7.2C14H22O.C13H21N/c1-10(2)7-13-8-12(9-26-11(3)4)5-6-14(13)27-20-17(23)15(21)16(22)18(28-20)19(24)25;1-11(2)7-14-8-13(10-25-12(3)4)5-6-15(14)26-20-19(24)18(23)17(22)16(9-21)27-20;2*1-11(2)9-13-5-7-14(8-6-13)10-15-12(3)4;1-10(2)9-12-5-7-13(8-6-12)14-11(3)4/h5-6,8,10-11,15-18,20-23H,7,9H2,1-4H3,(H,24,25);5-6,8,11-12,16-24H,7,9-10H2,1-4H3;2*5-8,11-12H,9-10H2,1-4H3;5-8,10-11,14H,9H2,1-4H3. The molecule has 2 fully saturated rings. The van der Waals surface area contributed by atoms with E-state index in [0.717, 1.165) is 72.5 Å². The van der Waals surface area contributed by atoms with Crippen LogP contribution in [0.1, 0.15) is 189 Å². The molecule has 5 aromatic rings. The first-order valence-electron chi connectivity index (χ1n) is 35.8. The molecule has 2 aliphatic heterocycles. The van der Waals surface area contributed by atoms with Crippen LogP contribution in [-0.2, 0) is 91.7 Å². The molecule has 99 heavy (non-hydrogen) atoms. The molecule has 7 rings (SSSR count). The third-order valence-corrected chi connectivity index (χ3v) is 15.4. The molecule has 0 radical (unpaired) electrons. The number of hydrogen-bond acceptors (Lipinski definition) is 17. The summed E-state index contributed by atoms with van der Waals surface area (Å²) in [6, 6.07) is 37.9. The van der Waals surface area contributed by atoms with E-state index in [1.54, 1.807) is 12.1 Å². The van der Waals surface area contributed by atoms with Crippen LogP contribution < -0.4 is 14.8 Å². The fourth-order valence-corrected chi connectivity index (χ4v) is 10.5. The Morgan fingerprint density at radius 1 is 0.384 bits per heavy atom. The minimum atomic E-state index is -1.75. The molecule has 0 amide bonds. The van der Waals surface area contributed by atoms with Crippen molar-refractivity contribution in [2.45, 2.75) is 289 Å². The van der Waals surface area contributed by atoms with Crippen LogP contribution in [0.4, 0.5) is 5.69 Å². The van der Waals surface area contributed by atoms with Crippen molar-refractivity contribution in [1.29, 1.82) is 0 Å². The maximum absolute atomic E-state index is 11.3. The summed E-state index contributed by atoms with van der Waals surface area (Å²) >= 11 is 0. The number of aliphatic hydroxyl groups excluding tert-OH is 7. The minimum Gasteiger partial charge on any atom is -0.479 e. The predicted octanol–water partition coefficient (Wildman–Crippen LogP) is 13.4. The summed E-state index contributed by atoms with van der Waals surface area (Å²) in [5.41, 5.74) is 11.8. The summed E-state index contributed by atoms with van der Waals surface area (Å²) in [5.74, 6) is 2.38. The van der Waals surface area contributed by atoms with Crippen LogP contribution in [0.25, 0.3) is 0 Å². The molecule has 0 spiro atoms. The molecule has 2 aliphatic rings. The number of anilines is 1. The molecule has 0 aromatic heterocycles. The molecule has 10 unspecified atom stereocenters. The second-order valence-corrected chi connectivity index (χ2v) is 29.6. The number of benzene rings is 5. The van der Waals surface area contributed by atoms with Gasteiger partial charge in [-0.2, -0.15) is 0 Å². The van der Waals surface area contributed by atoms with Gasteiger partial charge < -0.3 is 84.1 Å². The highest BCUT2D eigenvalue weighted by Gasteiger charge is 2.48. The molecular formula is C81H127NO17. The molecule has 0 bridgehead atoms. The molecule has 0 saturated carbocycles. The van der Waals surface area contributed by atoms with Crippen LogP contribution in [0.15, 0.2) is 109 Å². The van der Waals surface area contributed by atoms with Crippen LogP contribution >= 0.6 is 0 Å². The second-order valence-electron chi connectivity index (χ2n) is 29.6. The smallest absolute Gasteiger partial charge is 0.335 e. The number of aliphatic carboxylic acids is 1. The van der Waals surface area contributed by atoms with Gasteiger partial charge in [0, 0.05) is 11.7 Å². The number of aliphatic hydroxyl groups is 7. The number of carbonyl (C=O) groups is 1. The van der Waals surface area contributed by atoms with Crippen molar-refractivity contribution in [2.75, 3.05) is 11.9 Å². The first-order valence-corrected chi connectivity index (χ1v) is 35.8. The van der Waals surface area contributed by atoms with Crippen molar-refractivity contribution < 1.29 is 83.5 Å². The summed E-state index contributed by atoms with van der Waals surface area (Å²) in [6.07, 6.45) is -8.92. The molecule has 2 heterocycles. The van der Waals surface area contributed by atoms with Gasteiger partial charge in [-0.25, -0.2) is 4.79 Å².